The first kappa shape index (κ1) is 14.7. The first-order valence-corrected chi connectivity index (χ1v) is 6.62. The number of halogens is 1. The van der Waals surface area contributed by atoms with Gasteiger partial charge in [-0.1, -0.05) is 24.3 Å². The second kappa shape index (κ2) is 6.63. The summed E-state index contributed by atoms with van der Waals surface area (Å²) in [4.78, 5) is 4.38. The third kappa shape index (κ3) is 3.43. The normalized spacial score (nSPS) is 11.7. The van der Waals surface area contributed by atoms with Crippen LogP contribution in [0, 0.1) is 41.3 Å². The average molecular weight is 279 g/mol. The molecular formula is C17H14FN3. The Morgan fingerprint density at radius 2 is 1.81 bits per heavy atom. The number of hydrogen-bond donors (Lipinski definition) is 0. The molecule has 4 heteroatoms. The minimum Gasteiger partial charge on any atom is -0.258 e. The summed E-state index contributed by atoms with van der Waals surface area (Å²) in [6.07, 6.45) is 0.356. The quantitative estimate of drug-likeness (QED) is 0.860. The maximum Gasteiger partial charge on any atom is 0.140 e. The Hall–Kier alpha value is -2.72. The molecule has 0 radical (unpaired) electrons. The molecule has 0 amide bonds. The van der Waals surface area contributed by atoms with Crippen LogP contribution in [0.5, 0.6) is 0 Å². The Morgan fingerprint density at radius 3 is 2.43 bits per heavy atom. The Labute approximate surface area is 123 Å². The summed E-state index contributed by atoms with van der Waals surface area (Å²) in [6, 6.07) is 15.7. The zero-order chi connectivity index (χ0) is 15.2. The highest BCUT2D eigenvalue weighted by molar-refractivity contribution is 5.29. The SMILES string of the molecule is Cc1cccc(CC(c2ccccc2F)C(C#N)C#N)n1. The molecule has 3 nitrogen and oxygen atoms in total. The van der Waals surface area contributed by atoms with Gasteiger partial charge in [0.15, 0.2) is 0 Å². The van der Waals surface area contributed by atoms with Crippen molar-refractivity contribution >= 4 is 0 Å². The van der Waals surface area contributed by atoms with Crippen molar-refractivity contribution < 1.29 is 4.39 Å². The van der Waals surface area contributed by atoms with Crippen molar-refractivity contribution in [2.45, 2.75) is 19.3 Å². The lowest BCUT2D eigenvalue weighted by Gasteiger charge is -2.18. The standard InChI is InChI=1S/C17H14FN3/c1-12-5-4-6-14(21-12)9-16(13(10-19)11-20)15-7-2-3-8-17(15)18/h2-8,13,16H,9H2,1H3. The number of aromatic nitrogens is 1. The average Bonchev–Trinajstić information content (AvgIpc) is 2.48. The first-order valence-electron chi connectivity index (χ1n) is 6.62. The van der Waals surface area contributed by atoms with Gasteiger partial charge < -0.3 is 0 Å². The van der Waals surface area contributed by atoms with Crippen LogP contribution in [0.3, 0.4) is 0 Å². The molecule has 0 aliphatic rings. The number of rotatable bonds is 4. The summed E-state index contributed by atoms with van der Waals surface area (Å²) < 4.78 is 14.0. The van der Waals surface area contributed by atoms with Crippen molar-refractivity contribution in [3.05, 3.63) is 65.2 Å². The summed E-state index contributed by atoms with van der Waals surface area (Å²) in [6.45, 7) is 1.87. The van der Waals surface area contributed by atoms with Gasteiger partial charge in [-0.25, -0.2) is 4.39 Å². The van der Waals surface area contributed by atoms with E-state index in [1.165, 1.54) is 6.07 Å². The maximum atomic E-state index is 14.0. The predicted octanol–water partition coefficient (Wildman–Crippen LogP) is 3.52. The van der Waals surface area contributed by atoms with Crippen LogP contribution in [0.1, 0.15) is 22.9 Å². The van der Waals surface area contributed by atoms with Gasteiger partial charge in [0.2, 0.25) is 0 Å². The van der Waals surface area contributed by atoms with E-state index in [-0.39, 0.29) is 0 Å². The van der Waals surface area contributed by atoms with E-state index in [2.05, 4.69) is 4.98 Å². The molecule has 0 N–H and O–H groups in total. The summed E-state index contributed by atoms with van der Waals surface area (Å²) in [5.74, 6) is -1.84. The zero-order valence-electron chi connectivity index (χ0n) is 11.6. The highest BCUT2D eigenvalue weighted by atomic mass is 19.1. The fourth-order valence-corrected chi connectivity index (χ4v) is 2.33. The Balaban J connectivity index is 2.41. The van der Waals surface area contributed by atoms with Gasteiger partial charge in [-0.2, -0.15) is 10.5 Å². The van der Waals surface area contributed by atoms with Gasteiger partial charge in [-0.3, -0.25) is 4.98 Å². The van der Waals surface area contributed by atoms with Crippen molar-refractivity contribution in [3.63, 3.8) is 0 Å². The minimum absolute atomic E-state index is 0.356. The van der Waals surface area contributed by atoms with Gasteiger partial charge in [0.05, 0.1) is 12.1 Å². The van der Waals surface area contributed by atoms with E-state index in [1.807, 2.05) is 37.3 Å². The predicted molar refractivity (Wildman–Crippen MR) is 76.5 cm³/mol. The lowest BCUT2D eigenvalue weighted by Crippen LogP contribution is -2.15. The molecule has 0 bridgehead atoms. The highest BCUT2D eigenvalue weighted by Gasteiger charge is 2.26. The number of hydrogen-bond acceptors (Lipinski definition) is 3. The Kier molecular flexibility index (Phi) is 4.64. The molecule has 21 heavy (non-hydrogen) atoms. The number of aryl methyl sites for hydroxylation is 1. The van der Waals surface area contributed by atoms with Gasteiger partial charge in [0.25, 0.3) is 0 Å². The summed E-state index contributed by atoms with van der Waals surface area (Å²) in [5, 5.41) is 18.3. The topological polar surface area (TPSA) is 60.5 Å². The third-order valence-corrected chi connectivity index (χ3v) is 3.36. The molecule has 0 saturated carbocycles. The zero-order valence-corrected chi connectivity index (χ0v) is 11.6. The molecule has 0 fully saturated rings. The monoisotopic (exact) mass is 279 g/mol. The van der Waals surface area contributed by atoms with Gasteiger partial charge in [-0.05, 0) is 37.1 Å². The van der Waals surface area contributed by atoms with Crippen LogP contribution in [-0.2, 0) is 6.42 Å². The number of nitrogens with zero attached hydrogens (tertiary/aromatic N) is 3. The van der Waals surface area contributed by atoms with Crippen LogP contribution in [0.25, 0.3) is 0 Å². The van der Waals surface area contributed by atoms with Gasteiger partial charge in [0.1, 0.15) is 11.7 Å². The molecule has 1 aromatic heterocycles. The van der Waals surface area contributed by atoms with E-state index >= 15 is 0 Å². The summed E-state index contributed by atoms with van der Waals surface area (Å²) in [7, 11) is 0. The van der Waals surface area contributed by atoms with E-state index in [0.29, 0.717) is 12.0 Å². The number of pyridine rings is 1. The van der Waals surface area contributed by atoms with Crippen molar-refractivity contribution in [2.75, 3.05) is 0 Å². The van der Waals surface area contributed by atoms with E-state index < -0.39 is 17.7 Å². The minimum atomic E-state index is -0.913. The van der Waals surface area contributed by atoms with Crippen LogP contribution < -0.4 is 0 Å². The fraction of sp³-hybridized carbons (Fsp3) is 0.235. The van der Waals surface area contributed by atoms with E-state index in [1.54, 1.807) is 18.2 Å². The van der Waals surface area contributed by atoms with Crippen LogP contribution >= 0.6 is 0 Å². The Bertz CT molecular complexity index is 698. The van der Waals surface area contributed by atoms with Crippen molar-refractivity contribution in [1.29, 1.82) is 10.5 Å². The highest BCUT2D eigenvalue weighted by Crippen LogP contribution is 2.29. The molecule has 0 spiro atoms. The molecule has 0 saturated heterocycles. The van der Waals surface area contributed by atoms with Crippen molar-refractivity contribution in [1.82, 2.24) is 4.98 Å². The number of benzene rings is 1. The van der Waals surface area contributed by atoms with Gasteiger partial charge >= 0.3 is 0 Å². The van der Waals surface area contributed by atoms with Gasteiger partial charge in [0, 0.05) is 17.3 Å². The molecule has 1 atom stereocenters. The summed E-state index contributed by atoms with van der Waals surface area (Å²) in [5.41, 5.74) is 1.98. The molecule has 1 heterocycles. The maximum absolute atomic E-state index is 14.0. The fourth-order valence-electron chi connectivity index (χ4n) is 2.33. The Morgan fingerprint density at radius 1 is 1.10 bits per heavy atom. The largest absolute Gasteiger partial charge is 0.258 e. The summed E-state index contributed by atoms with van der Waals surface area (Å²) >= 11 is 0. The van der Waals surface area contributed by atoms with E-state index in [4.69, 9.17) is 10.5 Å². The first-order chi connectivity index (χ1) is 10.2. The van der Waals surface area contributed by atoms with Gasteiger partial charge in [-0.15, -0.1) is 0 Å². The van der Waals surface area contributed by atoms with Crippen molar-refractivity contribution in [3.8, 4) is 12.1 Å². The molecular weight excluding hydrogens is 265 g/mol. The second-order valence-electron chi connectivity index (χ2n) is 4.84. The number of nitriles is 2. The van der Waals surface area contributed by atoms with Crippen LogP contribution in [0.15, 0.2) is 42.5 Å². The van der Waals surface area contributed by atoms with E-state index in [9.17, 15) is 4.39 Å². The molecule has 0 aliphatic heterocycles. The van der Waals surface area contributed by atoms with E-state index in [0.717, 1.165) is 11.4 Å². The third-order valence-electron chi connectivity index (χ3n) is 3.36. The van der Waals surface area contributed by atoms with Crippen LogP contribution in [-0.4, -0.2) is 4.98 Å². The smallest absolute Gasteiger partial charge is 0.140 e. The molecule has 2 aromatic rings. The molecule has 2 rings (SSSR count). The molecule has 104 valence electrons. The van der Waals surface area contributed by atoms with Crippen LogP contribution in [0.4, 0.5) is 4.39 Å². The molecule has 1 unspecified atom stereocenters. The molecule has 1 aromatic carbocycles. The second-order valence-corrected chi connectivity index (χ2v) is 4.84. The molecule has 0 aliphatic carbocycles. The van der Waals surface area contributed by atoms with Crippen LogP contribution in [0.2, 0.25) is 0 Å². The lowest BCUT2D eigenvalue weighted by atomic mass is 9.83. The lowest BCUT2D eigenvalue weighted by molar-refractivity contribution is 0.539. The van der Waals surface area contributed by atoms with Crippen molar-refractivity contribution in [2.24, 2.45) is 5.92 Å².